The van der Waals surface area contributed by atoms with E-state index in [1.54, 1.807) is 6.07 Å². The fraction of sp³-hybridized carbons (Fsp3) is 0.273. The first kappa shape index (κ1) is 11.4. The lowest BCUT2D eigenvalue weighted by molar-refractivity contribution is -0.138. The van der Waals surface area contributed by atoms with Crippen LogP contribution in [0.3, 0.4) is 0 Å². The monoisotopic (exact) mass is 238 g/mol. The average Bonchev–Trinajstić information content (AvgIpc) is 2.24. The Balaban J connectivity index is 2.39. The number of hydrogen-bond acceptors (Lipinski definition) is 3. The maximum atomic E-state index is 13.5. The van der Waals surface area contributed by atoms with E-state index < -0.39 is 23.7 Å². The van der Waals surface area contributed by atoms with Gasteiger partial charge in [0.2, 0.25) is 5.91 Å². The summed E-state index contributed by atoms with van der Waals surface area (Å²) in [7, 11) is 1.43. The maximum absolute atomic E-state index is 13.5. The molecular weight excluding hydrogens is 227 g/mol. The van der Waals surface area contributed by atoms with E-state index in [0.29, 0.717) is 5.69 Å². The number of nitrogens with one attached hydrogen (secondary N) is 1. The number of anilines is 2. The van der Waals surface area contributed by atoms with E-state index in [-0.39, 0.29) is 12.1 Å². The molecule has 2 N–H and O–H groups in total. The Hall–Kier alpha value is -2.11. The molecule has 0 fully saturated rings. The molecule has 1 aromatic rings. The van der Waals surface area contributed by atoms with Crippen LogP contribution in [0.25, 0.3) is 0 Å². The number of nitrogens with zero attached hydrogens (tertiary/aromatic N) is 1. The highest BCUT2D eigenvalue weighted by molar-refractivity contribution is 6.05. The molecular formula is C11H11FN2O3. The Labute approximate surface area is 96.8 Å². The molecule has 6 heteroatoms. The van der Waals surface area contributed by atoms with Gasteiger partial charge in [0.15, 0.2) is 0 Å². The number of aliphatic carboxylic acids is 1. The van der Waals surface area contributed by atoms with Crippen LogP contribution in [-0.2, 0) is 9.59 Å². The van der Waals surface area contributed by atoms with E-state index in [2.05, 4.69) is 5.32 Å². The van der Waals surface area contributed by atoms with E-state index in [4.69, 9.17) is 5.11 Å². The Morgan fingerprint density at radius 3 is 2.94 bits per heavy atom. The van der Waals surface area contributed by atoms with Gasteiger partial charge in [0.1, 0.15) is 17.5 Å². The molecule has 0 saturated carbocycles. The fourth-order valence-electron chi connectivity index (χ4n) is 1.88. The lowest BCUT2D eigenvalue weighted by Gasteiger charge is -2.32. The summed E-state index contributed by atoms with van der Waals surface area (Å²) in [6, 6.07) is 3.51. The van der Waals surface area contributed by atoms with Crippen molar-refractivity contribution >= 4 is 23.3 Å². The van der Waals surface area contributed by atoms with Crippen LogP contribution in [0, 0.1) is 5.82 Å². The summed E-state index contributed by atoms with van der Waals surface area (Å²) in [5.74, 6) is -2.05. The molecule has 90 valence electrons. The van der Waals surface area contributed by atoms with Gasteiger partial charge in [-0.2, -0.15) is 0 Å². The van der Waals surface area contributed by atoms with Crippen LogP contribution >= 0.6 is 0 Å². The number of halogens is 1. The van der Waals surface area contributed by atoms with Crippen molar-refractivity contribution in [3.05, 3.63) is 24.0 Å². The highest BCUT2D eigenvalue weighted by Crippen LogP contribution is 2.33. The van der Waals surface area contributed by atoms with Gasteiger partial charge in [-0.05, 0) is 12.1 Å². The van der Waals surface area contributed by atoms with Crippen molar-refractivity contribution in [2.45, 2.75) is 12.5 Å². The fourth-order valence-corrected chi connectivity index (χ4v) is 1.88. The summed E-state index contributed by atoms with van der Waals surface area (Å²) in [5.41, 5.74) is 0.581. The van der Waals surface area contributed by atoms with Gasteiger partial charge in [-0.25, -0.2) is 4.39 Å². The molecule has 1 amide bonds. The lowest BCUT2D eigenvalue weighted by Crippen LogP contribution is -2.46. The molecule has 2 rings (SSSR count). The molecule has 1 aliphatic heterocycles. The Morgan fingerprint density at radius 2 is 2.29 bits per heavy atom. The van der Waals surface area contributed by atoms with Gasteiger partial charge in [-0.15, -0.1) is 0 Å². The van der Waals surface area contributed by atoms with Gasteiger partial charge < -0.3 is 15.3 Å². The van der Waals surface area contributed by atoms with Crippen LogP contribution in [-0.4, -0.2) is 30.1 Å². The van der Waals surface area contributed by atoms with E-state index in [9.17, 15) is 14.0 Å². The largest absolute Gasteiger partial charge is 0.481 e. The molecule has 0 aliphatic carbocycles. The predicted molar refractivity (Wildman–Crippen MR) is 59.5 cm³/mol. The number of likely N-dealkylation sites (N-methyl/N-ethyl adjacent to an activating group) is 1. The quantitative estimate of drug-likeness (QED) is 0.808. The SMILES string of the molecule is CN1C(=O)C(CC(=O)O)Nc2cccc(F)c21. The normalized spacial score (nSPS) is 18.6. The first-order chi connectivity index (χ1) is 8.00. The summed E-state index contributed by atoms with van der Waals surface area (Å²) in [5, 5.41) is 11.4. The minimum Gasteiger partial charge on any atom is -0.481 e. The van der Waals surface area contributed by atoms with Crippen LogP contribution in [0.5, 0.6) is 0 Å². The molecule has 1 heterocycles. The number of carbonyl (C=O) groups excluding carboxylic acids is 1. The topological polar surface area (TPSA) is 69.6 Å². The van der Waals surface area contributed by atoms with E-state index in [1.165, 1.54) is 19.2 Å². The van der Waals surface area contributed by atoms with Crippen LogP contribution in [0.4, 0.5) is 15.8 Å². The van der Waals surface area contributed by atoms with Crippen LogP contribution < -0.4 is 10.2 Å². The van der Waals surface area contributed by atoms with E-state index >= 15 is 0 Å². The van der Waals surface area contributed by atoms with Crippen LogP contribution in [0.15, 0.2) is 18.2 Å². The standard InChI is InChI=1S/C11H11FN2O3/c1-14-10-6(12)3-2-4-7(10)13-8(11(14)17)5-9(15)16/h2-4,8,13H,5H2,1H3,(H,15,16). The van der Waals surface area contributed by atoms with Crippen molar-refractivity contribution in [3.8, 4) is 0 Å². The minimum absolute atomic E-state index is 0.152. The van der Waals surface area contributed by atoms with Crippen molar-refractivity contribution in [1.82, 2.24) is 0 Å². The number of carboxylic acids is 1. The smallest absolute Gasteiger partial charge is 0.305 e. The highest BCUT2D eigenvalue weighted by atomic mass is 19.1. The van der Waals surface area contributed by atoms with Crippen molar-refractivity contribution in [1.29, 1.82) is 0 Å². The third-order valence-corrected chi connectivity index (χ3v) is 2.66. The summed E-state index contributed by atoms with van der Waals surface area (Å²) in [6.45, 7) is 0. The molecule has 1 aromatic carbocycles. The van der Waals surface area contributed by atoms with E-state index in [0.717, 1.165) is 4.90 Å². The summed E-state index contributed by atoms with van der Waals surface area (Å²) in [6.07, 6.45) is -0.334. The number of benzene rings is 1. The van der Waals surface area contributed by atoms with Crippen molar-refractivity contribution < 1.29 is 19.1 Å². The summed E-state index contributed by atoms with van der Waals surface area (Å²) >= 11 is 0. The minimum atomic E-state index is -1.08. The number of hydrogen-bond donors (Lipinski definition) is 2. The van der Waals surface area contributed by atoms with Crippen LogP contribution in [0.2, 0.25) is 0 Å². The van der Waals surface area contributed by atoms with Gasteiger partial charge in [0.05, 0.1) is 12.1 Å². The molecule has 5 nitrogen and oxygen atoms in total. The third-order valence-electron chi connectivity index (χ3n) is 2.66. The Bertz CT molecular complexity index is 490. The van der Waals surface area contributed by atoms with Crippen LogP contribution in [0.1, 0.15) is 6.42 Å². The second kappa shape index (κ2) is 4.04. The van der Waals surface area contributed by atoms with Crippen molar-refractivity contribution in [3.63, 3.8) is 0 Å². The molecule has 0 saturated heterocycles. The third kappa shape index (κ3) is 1.93. The zero-order valence-corrected chi connectivity index (χ0v) is 9.11. The molecule has 1 unspecified atom stereocenters. The highest BCUT2D eigenvalue weighted by Gasteiger charge is 2.33. The van der Waals surface area contributed by atoms with Gasteiger partial charge in [0, 0.05) is 7.05 Å². The van der Waals surface area contributed by atoms with Crippen molar-refractivity contribution in [2.24, 2.45) is 0 Å². The summed E-state index contributed by atoms with van der Waals surface area (Å²) < 4.78 is 13.5. The lowest BCUT2D eigenvalue weighted by atomic mass is 10.1. The molecule has 17 heavy (non-hydrogen) atoms. The number of para-hydroxylation sites is 1. The Morgan fingerprint density at radius 1 is 1.59 bits per heavy atom. The zero-order valence-electron chi connectivity index (χ0n) is 9.11. The molecule has 1 aliphatic rings. The molecule has 1 atom stereocenters. The van der Waals surface area contributed by atoms with Gasteiger partial charge in [0.25, 0.3) is 0 Å². The van der Waals surface area contributed by atoms with Gasteiger partial charge in [-0.3, -0.25) is 9.59 Å². The second-order valence-electron chi connectivity index (χ2n) is 3.83. The number of carboxylic acid groups (broad SMARTS) is 1. The molecule has 0 bridgehead atoms. The predicted octanol–water partition coefficient (Wildman–Crippen LogP) is 1.06. The maximum Gasteiger partial charge on any atom is 0.305 e. The molecule has 0 radical (unpaired) electrons. The van der Waals surface area contributed by atoms with Crippen molar-refractivity contribution in [2.75, 3.05) is 17.3 Å². The molecule has 0 aromatic heterocycles. The number of fused-ring (bicyclic) bond motifs is 1. The second-order valence-corrected chi connectivity index (χ2v) is 3.83. The zero-order chi connectivity index (χ0) is 12.6. The summed E-state index contributed by atoms with van der Waals surface area (Å²) in [4.78, 5) is 23.6. The first-order valence-corrected chi connectivity index (χ1v) is 5.05. The van der Waals surface area contributed by atoms with E-state index in [1.807, 2.05) is 0 Å². The first-order valence-electron chi connectivity index (χ1n) is 5.05. The number of amides is 1. The average molecular weight is 238 g/mol. The van der Waals surface area contributed by atoms with Gasteiger partial charge in [-0.1, -0.05) is 6.07 Å². The molecule has 0 spiro atoms. The number of carbonyl (C=O) groups is 2. The number of rotatable bonds is 2. The van der Waals surface area contributed by atoms with Gasteiger partial charge >= 0.3 is 5.97 Å². The Kier molecular flexibility index (Phi) is 2.71.